The Morgan fingerprint density at radius 3 is 2.72 bits per heavy atom. The second kappa shape index (κ2) is 6.26. The average Bonchev–Trinajstić information content (AvgIpc) is 3.20. The highest BCUT2D eigenvalue weighted by atomic mass is 19.4. The van der Waals surface area contributed by atoms with Gasteiger partial charge in [0, 0.05) is 12.7 Å². The highest BCUT2D eigenvalue weighted by Crippen LogP contribution is 2.40. The zero-order valence-corrected chi connectivity index (χ0v) is 12.9. The van der Waals surface area contributed by atoms with E-state index in [1.165, 1.54) is 35.4 Å². The number of nitrogens with one attached hydrogen (secondary N) is 1. The van der Waals surface area contributed by atoms with Gasteiger partial charge in [-0.1, -0.05) is 18.2 Å². The number of nitrogens with zero attached hydrogens (tertiary/aromatic N) is 2. The summed E-state index contributed by atoms with van der Waals surface area (Å²) in [6.07, 6.45) is -4.11. The van der Waals surface area contributed by atoms with E-state index in [0.717, 1.165) is 6.07 Å². The van der Waals surface area contributed by atoms with E-state index in [-0.39, 0.29) is 29.8 Å². The molecule has 1 saturated heterocycles. The van der Waals surface area contributed by atoms with Gasteiger partial charge in [-0.15, -0.1) is 0 Å². The molecule has 1 aromatic carbocycles. The van der Waals surface area contributed by atoms with Crippen LogP contribution in [0.15, 0.2) is 36.5 Å². The molecular weight excluding hydrogens is 335 g/mol. The van der Waals surface area contributed by atoms with E-state index in [4.69, 9.17) is 5.26 Å². The first-order valence-corrected chi connectivity index (χ1v) is 7.55. The van der Waals surface area contributed by atoms with Gasteiger partial charge in [0.05, 0.1) is 23.3 Å². The van der Waals surface area contributed by atoms with E-state index < -0.39 is 29.8 Å². The van der Waals surface area contributed by atoms with Crippen LogP contribution in [0.25, 0.3) is 0 Å². The molecule has 2 N–H and O–H groups in total. The lowest BCUT2D eigenvalue weighted by Gasteiger charge is -2.26. The minimum atomic E-state index is -4.56. The predicted molar refractivity (Wildman–Crippen MR) is 81.4 cm³/mol. The van der Waals surface area contributed by atoms with Crippen LogP contribution in [-0.2, 0) is 6.18 Å². The third kappa shape index (κ3) is 3.23. The lowest BCUT2D eigenvalue weighted by molar-refractivity contribution is -0.138. The highest BCUT2D eigenvalue weighted by Gasteiger charge is 2.41. The molecule has 130 valence electrons. The summed E-state index contributed by atoms with van der Waals surface area (Å²) >= 11 is 0. The molecule has 0 radical (unpaired) electrons. The van der Waals surface area contributed by atoms with E-state index in [0.29, 0.717) is 0 Å². The van der Waals surface area contributed by atoms with Crippen molar-refractivity contribution < 1.29 is 23.1 Å². The predicted octanol–water partition coefficient (Wildman–Crippen LogP) is 2.85. The van der Waals surface area contributed by atoms with Gasteiger partial charge in [0.25, 0.3) is 5.91 Å². The first-order valence-electron chi connectivity index (χ1n) is 7.55. The molecule has 1 aliphatic rings. The van der Waals surface area contributed by atoms with Crippen LogP contribution >= 0.6 is 0 Å². The molecule has 3 rings (SSSR count). The standard InChI is InChI=1S/C17H14F3N3O2/c18-17(19,20)13-4-2-1-3-12(13)15-6-11(24)9-23(15)16(25)14-5-10(7-21)8-22-14/h1-5,8,11,15,22,24H,6,9H2/t11-,15-/m1/s1. The molecular formula is C17H14F3N3O2. The lowest BCUT2D eigenvalue weighted by Crippen LogP contribution is -2.32. The number of aromatic amines is 1. The molecule has 2 aromatic rings. The van der Waals surface area contributed by atoms with Gasteiger partial charge in [0.2, 0.25) is 0 Å². The first-order chi connectivity index (χ1) is 11.8. The number of hydrogen-bond acceptors (Lipinski definition) is 3. The van der Waals surface area contributed by atoms with Gasteiger partial charge in [-0.25, -0.2) is 0 Å². The number of benzene rings is 1. The maximum atomic E-state index is 13.3. The molecule has 1 amide bonds. The summed E-state index contributed by atoms with van der Waals surface area (Å²) < 4.78 is 39.9. The number of carbonyl (C=O) groups is 1. The van der Waals surface area contributed by atoms with Gasteiger partial charge in [-0.2, -0.15) is 18.4 Å². The number of alkyl halides is 3. The van der Waals surface area contributed by atoms with E-state index in [9.17, 15) is 23.1 Å². The summed E-state index contributed by atoms with van der Waals surface area (Å²) in [6.45, 7) is -0.0728. The van der Waals surface area contributed by atoms with Crippen LogP contribution in [0.3, 0.4) is 0 Å². The van der Waals surface area contributed by atoms with Gasteiger partial charge in [0.1, 0.15) is 11.8 Å². The summed E-state index contributed by atoms with van der Waals surface area (Å²) in [4.78, 5) is 16.5. The Morgan fingerprint density at radius 2 is 2.08 bits per heavy atom. The van der Waals surface area contributed by atoms with Crippen molar-refractivity contribution in [2.75, 3.05) is 6.54 Å². The number of carbonyl (C=O) groups excluding carboxylic acids is 1. The number of nitriles is 1. The quantitative estimate of drug-likeness (QED) is 0.875. The number of likely N-dealkylation sites (tertiary alicyclic amines) is 1. The number of aliphatic hydroxyl groups excluding tert-OH is 1. The minimum Gasteiger partial charge on any atom is -0.391 e. The maximum Gasteiger partial charge on any atom is 0.416 e. The zero-order chi connectivity index (χ0) is 18.2. The normalized spacial score (nSPS) is 20.5. The molecule has 1 fully saturated rings. The molecule has 0 aliphatic carbocycles. The number of aromatic nitrogens is 1. The van der Waals surface area contributed by atoms with Crippen molar-refractivity contribution in [3.05, 3.63) is 58.9 Å². The monoisotopic (exact) mass is 349 g/mol. The highest BCUT2D eigenvalue weighted by molar-refractivity contribution is 5.93. The van der Waals surface area contributed by atoms with E-state index >= 15 is 0 Å². The number of aliphatic hydroxyl groups is 1. The fourth-order valence-electron chi connectivity index (χ4n) is 3.12. The van der Waals surface area contributed by atoms with Crippen molar-refractivity contribution in [2.24, 2.45) is 0 Å². The molecule has 2 heterocycles. The number of rotatable bonds is 2. The van der Waals surface area contributed by atoms with Crippen molar-refractivity contribution in [1.82, 2.24) is 9.88 Å². The molecule has 1 aromatic heterocycles. The Balaban J connectivity index is 1.98. The summed E-state index contributed by atoms with van der Waals surface area (Å²) in [7, 11) is 0. The zero-order valence-electron chi connectivity index (χ0n) is 12.9. The van der Waals surface area contributed by atoms with Crippen LogP contribution in [0.5, 0.6) is 0 Å². The van der Waals surface area contributed by atoms with E-state index in [1.807, 2.05) is 6.07 Å². The van der Waals surface area contributed by atoms with Crippen LogP contribution in [0, 0.1) is 11.3 Å². The largest absolute Gasteiger partial charge is 0.416 e. The van der Waals surface area contributed by atoms with E-state index in [1.54, 1.807) is 0 Å². The summed E-state index contributed by atoms with van der Waals surface area (Å²) in [5, 5.41) is 18.8. The average molecular weight is 349 g/mol. The van der Waals surface area contributed by atoms with Gasteiger partial charge in [-0.05, 0) is 24.1 Å². The Hall–Kier alpha value is -2.79. The van der Waals surface area contributed by atoms with E-state index in [2.05, 4.69) is 4.98 Å². The second-order valence-electron chi connectivity index (χ2n) is 5.86. The fraction of sp³-hybridized carbons (Fsp3) is 0.294. The van der Waals surface area contributed by atoms with Crippen LogP contribution < -0.4 is 0 Å². The van der Waals surface area contributed by atoms with Crippen LogP contribution in [0.4, 0.5) is 13.2 Å². The number of β-amino-alcohol motifs (C(OH)–C–C–N with tert-alkyl or cyclic N) is 1. The molecule has 0 spiro atoms. The number of amides is 1. The van der Waals surface area contributed by atoms with Crippen LogP contribution in [0.1, 0.15) is 39.6 Å². The summed E-state index contributed by atoms with van der Waals surface area (Å²) in [5.74, 6) is -0.556. The number of halogens is 3. The van der Waals surface area contributed by atoms with Crippen LogP contribution in [-0.4, -0.2) is 33.5 Å². The first kappa shape index (κ1) is 17.0. The van der Waals surface area contributed by atoms with Gasteiger partial charge < -0.3 is 15.0 Å². The van der Waals surface area contributed by atoms with Gasteiger partial charge in [-0.3, -0.25) is 4.79 Å². The smallest absolute Gasteiger partial charge is 0.391 e. The second-order valence-corrected chi connectivity index (χ2v) is 5.86. The van der Waals surface area contributed by atoms with Crippen molar-refractivity contribution in [3.8, 4) is 6.07 Å². The summed E-state index contributed by atoms with van der Waals surface area (Å²) in [6, 6.07) is 7.35. The molecule has 0 saturated carbocycles. The van der Waals surface area contributed by atoms with Gasteiger partial charge in [0.15, 0.2) is 0 Å². The fourth-order valence-corrected chi connectivity index (χ4v) is 3.12. The Kier molecular flexibility index (Phi) is 4.27. The topological polar surface area (TPSA) is 80.1 Å². The number of H-pyrrole nitrogens is 1. The van der Waals surface area contributed by atoms with Crippen molar-refractivity contribution in [1.29, 1.82) is 5.26 Å². The van der Waals surface area contributed by atoms with Crippen LogP contribution in [0.2, 0.25) is 0 Å². The Labute approximate surface area is 141 Å². The Morgan fingerprint density at radius 1 is 1.36 bits per heavy atom. The molecule has 5 nitrogen and oxygen atoms in total. The lowest BCUT2D eigenvalue weighted by atomic mass is 9.97. The van der Waals surface area contributed by atoms with Crippen molar-refractivity contribution in [2.45, 2.75) is 24.7 Å². The SMILES string of the molecule is N#Cc1c[nH]c(C(=O)N2C[C@H](O)C[C@@H]2c2ccccc2C(F)(F)F)c1. The third-order valence-electron chi connectivity index (χ3n) is 4.21. The maximum absolute atomic E-state index is 13.3. The minimum absolute atomic E-state index is 0.0185. The van der Waals surface area contributed by atoms with Crippen molar-refractivity contribution in [3.63, 3.8) is 0 Å². The molecule has 0 bridgehead atoms. The number of hydrogen-bond donors (Lipinski definition) is 2. The molecule has 1 aliphatic heterocycles. The molecule has 0 unspecified atom stereocenters. The Bertz CT molecular complexity index is 838. The summed E-state index contributed by atoms with van der Waals surface area (Å²) in [5.41, 5.74) is -0.529. The molecule has 8 heteroatoms. The third-order valence-corrected chi connectivity index (χ3v) is 4.21. The van der Waals surface area contributed by atoms with Crippen molar-refractivity contribution >= 4 is 5.91 Å². The molecule has 25 heavy (non-hydrogen) atoms. The molecule has 2 atom stereocenters. The van der Waals surface area contributed by atoms with Gasteiger partial charge >= 0.3 is 6.18 Å².